The summed E-state index contributed by atoms with van der Waals surface area (Å²) in [4.78, 5) is 21.3. The number of hydrazine groups is 1. The van der Waals surface area contributed by atoms with E-state index in [1.165, 1.54) is 18.1 Å². The molecule has 1 aromatic heterocycles. The minimum atomic E-state index is -0.272. The molecule has 7 heteroatoms. The third-order valence-corrected chi connectivity index (χ3v) is 4.16. The zero-order chi connectivity index (χ0) is 16.8. The van der Waals surface area contributed by atoms with Crippen molar-refractivity contribution >= 4 is 29.2 Å². The third-order valence-electron chi connectivity index (χ3n) is 3.14. The maximum absolute atomic E-state index is 12.0. The zero-order valence-corrected chi connectivity index (χ0v) is 13.5. The molecule has 1 heterocycles. The molecule has 6 nitrogen and oxygen atoms in total. The van der Waals surface area contributed by atoms with E-state index in [-0.39, 0.29) is 5.91 Å². The van der Waals surface area contributed by atoms with E-state index >= 15 is 0 Å². The van der Waals surface area contributed by atoms with E-state index < -0.39 is 0 Å². The van der Waals surface area contributed by atoms with E-state index in [1.54, 1.807) is 24.3 Å². The quantitative estimate of drug-likeness (QED) is 0.489. The Labute approximate surface area is 143 Å². The minimum absolute atomic E-state index is 0.272. The van der Waals surface area contributed by atoms with Gasteiger partial charge in [-0.15, -0.1) is 0 Å². The Bertz CT molecular complexity index is 827. The van der Waals surface area contributed by atoms with Gasteiger partial charge >= 0.3 is 0 Å². The van der Waals surface area contributed by atoms with Crippen molar-refractivity contribution in [2.45, 2.75) is 9.92 Å². The van der Waals surface area contributed by atoms with Crippen LogP contribution in [0.25, 0.3) is 0 Å². The maximum Gasteiger partial charge on any atom is 0.269 e. The number of aromatic nitrogens is 2. The molecule has 0 aliphatic rings. The van der Waals surface area contributed by atoms with Crippen LogP contribution in [0.15, 0.2) is 76.9 Å². The van der Waals surface area contributed by atoms with E-state index in [2.05, 4.69) is 20.8 Å². The van der Waals surface area contributed by atoms with Gasteiger partial charge in [-0.05, 0) is 24.3 Å². The van der Waals surface area contributed by atoms with Crippen molar-refractivity contribution in [3.8, 4) is 0 Å². The average Bonchev–Trinajstić information content (AvgIpc) is 2.64. The van der Waals surface area contributed by atoms with Crippen LogP contribution >= 0.6 is 11.8 Å². The molecule has 0 saturated carbocycles. The van der Waals surface area contributed by atoms with Crippen LogP contribution < -0.4 is 16.6 Å². The highest BCUT2D eigenvalue weighted by molar-refractivity contribution is 7.99. The van der Waals surface area contributed by atoms with Crippen LogP contribution in [-0.4, -0.2) is 15.9 Å². The number of nitrogens with zero attached hydrogens (tertiary/aromatic N) is 2. The summed E-state index contributed by atoms with van der Waals surface area (Å²) < 4.78 is 0. The summed E-state index contributed by atoms with van der Waals surface area (Å²) >= 11 is 1.43. The van der Waals surface area contributed by atoms with Gasteiger partial charge in [-0.3, -0.25) is 15.6 Å². The van der Waals surface area contributed by atoms with Crippen LogP contribution in [0.4, 0.5) is 11.5 Å². The third kappa shape index (κ3) is 3.82. The van der Waals surface area contributed by atoms with Crippen LogP contribution in [0.3, 0.4) is 0 Å². The molecule has 120 valence electrons. The summed E-state index contributed by atoms with van der Waals surface area (Å²) in [6, 6.07) is 18.6. The summed E-state index contributed by atoms with van der Waals surface area (Å²) in [5.41, 5.74) is 12.3. The first-order valence-corrected chi connectivity index (χ1v) is 8.00. The summed E-state index contributed by atoms with van der Waals surface area (Å²) in [6.45, 7) is 0. The highest BCUT2D eigenvalue weighted by Crippen LogP contribution is 2.32. The Hall–Kier alpha value is -3.06. The van der Waals surface area contributed by atoms with E-state index in [4.69, 9.17) is 5.73 Å². The van der Waals surface area contributed by atoms with E-state index in [0.29, 0.717) is 22.1 Å². The van der Waals surface area contributed by atoms with E-state index in [1.807, 2.05) is 36.4 Å². The fourth-order valence-electron chi connectivity index (χ4n) is 1.94. The lowest BCUT2D eigenvalue weighted by atomic mass is 10.2. The molecule has 0 unspecified atom stereocenters. The number of carbonyl (C=O) groups is 1. The number of hydrogen-bond acceptors (Lipinski definition) is 6. The van der Waals surface area contributed by atoms with Gasteiger partial charge in [0.25, 0.3) is 5.91 Å². The van der Waals surface area contributed by atoms with Gasteiger partial charge in [-0.2, -0.15) is 0 Å². The number of nitrogens with two attached hydrogens (primary N) is 1. The Morgan fingerprint density at radius 2 is 1.62 bits per heavy atom. The predicted molar refractivity (Wildman–Crippen MR) is 94.5 cm³/mol. The topological polar surface area (TPSA) is 92.9 Å². The van der Waals surface area contributed by atoms with Gasteiger partial charge < -0.3 is 5.73 Å². The monoisotopic (exact) mass is 337 g/mol. The standard InChI is InChI=1S/C17H15N5OS/c18-14-15(21-22-16(23)12-7-3-1-4-8-12)19-11-20-17(14)24-13-9-5-2-6-10-13/h1-11H,18H2,(H,22,23)(H,19,20,21). The molecule has 0 radical (unpaired) electrons. The molecule has 0 saturated heterocycles. The summed E-state index contributed by atoms with van der Waals surface area (Å²) in [5.74, 6) is 0.0820. The molecule has 3 aromatic rings. The van der Waals surface area contributed by atoms with E-state index in [9.17, 15) is 4.79 Å². The molecule has 1 amide bonds. The first-order valence-electron chi connectivity index (χ1n) is 7.19. The number of anilines is 2. The van der Waals surface area contributed by atoms with E-state index in [0.717, 1.165) is 4.90 Å². The normalized spacial score (nSPS) is 10.2. The first kappa shape index (κ1) is 15.8. The molecule has 0 atom stereocenters. The molecule has 0 bridgehead atoms. The second-order valence-electron chi connectivity index (χ2n) is 4.80. The number of benzene rings is 2. The molecule has 0 fully saturated rings. The Balaban J connectivity index is 1.70. The largest absolute Gasteiger partial charge is 0.393 e. The van der Waals surface area contributed by atoms with Gasteiger partial charge in [0.15, 0.2) is 5.82 Å². The highest BCUT2D eigenvalue weighted by Gasteiger charge is 2.11. The van der Waals surface area contributed by atoms with Crippen molar-refractivity contribution in [2.24, 2.45) is 0 Å². The number of carbonyl (C=O) groups excluding carboxylic acids is 1. The van der Waals surface area contributed by atoms with Gasteiger partial charge in [0.05, 0.1) is 0 Å². The summed E-state index contributed by atoms with van der Waals surface area (Å²) in [6.07, 6.45) is 1.40. The molecule has 4 N–H and O–H groups in total. The van der Waals surface area contributed by atoms with Crippen molar-refractivity contribution in [3.63, 3.8) is 0 Å². The lowest BCUT2D eigenvalue weighted by Crippen LogP contribution is -2.30. The molecule has 0 aliphatic carbocycles. The van der Waals surface area contributed by atoms with Crippen molar-refractivity contribution in [1.29, 1.82) is 0 Å². The molecular weight excluding hydrogens is 322 g/mol. The van der Waals surface area contributed by atoms with Crippen molar-refractivity contribution in [2.75, 3.05) is 11.2 Å². The van der Waals surface area contributed by atoms with Crippen molar-refractivity contribution in [1.82, 2.24) is 15.4 Å². The van der Waals surface area contributed by atoms with Crippen LogP contribution in [0, 0.1) is 0 Å². The van der Waals surface area contributed by atoms with Crippen LogP contribution in [0.1, 0.15) is 10.4 Å². The van der Waals surface area contributed by atoms with Crippen LogP contribution in [0.2, 0.25) is 0 Å². The smallest absolute Gasteiger partial charge is 0.269 e. The number of hydrogen-bond donors (Lipinski definition) is 3. The van der Waals surface area contributed by atoms with Gasteiger partial charge in [0.1, 0.15) is 17.0 Å². The zero-order valence-electron chi connectivity index (χ0n) is 12.6. The van der Waals surface area contributed by atoms with Gasteiger partial charge in [0, 0.05) is 10.5 Å². The Morgan fingerprint density at radius 3 is 2.33 bits per heavy atom. The number of rotatable bonds is 5. The number of amides is 1. The summed E-state index contributed by atoms with van der Waals surface area (Å²) in [5, 5.41) is 0.618. The molecular formula is C17H15N5OS. The Morgan fingerprint density at radius 1 is 0.958 bits per heavy atom. The number of nitrogen functional groups attached to an aromatic ring is 1. The van der Waals surface area contributed by atoms with Crippen LogP contribution in [-0.2, 0) is 0 Å². The van der Waals surface area contributed by atoms with Gasteiger partial charge in [-0.25, -0.2) is 9.97 Å². The average molecular weight is 337 g/mol. The lowest BCUT2D eigenvalue weighted by Gasteiger charge is -2.11. The molecule has 3 rings (SSSR count). The fraction of sp³-hybridized carbons (Fsp3) is 0. The number of nitrogens with one attached hydrogen (secondary N) is 2. The predicted octanol–water partition coefficient (Wildman–Crippen LogP) is 2.97. The minimum Gasteiger partial charge on any atom is -0.393 e. The molecule has 0 spiro atoms. The second-order valence-corrected chi connectivity index (χ2v) is 5.86. The Kier molecular flexibility index (Phi) is 4.93. The van der Waals surface area contributed by atoms with Crippen molar-refractivity contribution in [3.05, 3.63) is 72.6 Å². The summed E-state index contributed by atoms with van der Waals surface area (Å²) in [7, 11) is 0. The maximum atomic E-state index is 12.0. The van der Waals surface area contributed by atoms with Crippen molar-refractivity contribution < 1.29 is 4.79 Å². The molecule has 2 aromatic carbocycles. The van der Waals surface area contributed by atoms with Gasteiger partial charge in [-0.1, -0.05) is 48.2 Å². The van der Waals surface area contributed by atoms with Gasteiger partial charge in [0.2, 0.25) is 0 Å². The lowest BCUT2D eigenvalue weighted by molar-refractivity contribution is 0.0962. The second kappa shape index (κ2) is 7.47. The molecule has 0 aliphatic heterocycles. The SMILES string of the molecule is Nc1c(NNC(=O)c2ccccc2)ncnc1Sc1ccccc1. The first-order chi connectivity index (χ1) is 11.7. The highest BCUT2D eigenvalue weighted by atomic mass is 32.2. The van der Waals surface area contributed by atoms with Crippen LogP contribution in [0.5, 0.6) is 0 Å². The molecule has 24 heavy (non-hydrogen) atoms. The fourth-order valence-corrected chi connectivity index (χ4v) is 2.76.